The van der Waals surface area contributed by atoms with Gasteiger partial charge in [-0.2, -0.15) is 4.99 Å². The number of ether oxygens (including phenoxy) is 1. The van der Waals surface area contributed by atoms with Gasteiger partial charge in [0.15, 0.2) is 5.17 Å². The molecule has 0 saturated carbocycles. The average molecular weight is 394 g/mol. The van der Waals surface area contributed by atoms with E-state index in [1.54, 1.807) is 7.11 Å². The summed E-state index contributed by atoms with van der Waals surface area (Å²) in [5, 5.41) is 0.814. The molecule has 2 aliphatic heterocycles. The normalized spacial score (nSPS) is 18.6. The fraction of sp³-hybridized carbons (Fsp3) is 0.273. The Morgan fingerprint density at radius 2 is 1.68 bits per heavy atom. The molecular formula is C22H23N3O2S. The lowest BCUT2D eigenvalue weighted by atomic mass is 10.1. The quantitative estimate of drug-likeness (QED) is 0.743. The maximum absolute atomic E-state index is 12.3. The first-order valence-corrected chi connectivity index (χ1v) is 10.2. The molecule has 6 heteroatoms. The first-order valence-electron chi connectivity index (χ1n) is 9.36. The number of methoxy groups -OCH3 is 1. The van der Waals surface area contributed by atoms with E-state index in [-0.39, 0.29) is 5.91 Å². The third kappa shape index (κ3) is 3.92. The maximum atomic E-state index is 12.3. The highest BCUT2D eigenvalue weighted by Crippen LogP contribution is 2.31. The fourth-order valence-corrected chi connectivity index (χ4v) is 4.41. The lowest BCUT2D eigenvalue weighted by Crippen LogP contribution is -2.48. The SMILES string of the molecule is COc1ccc(C=C2SC(N3CCN(c4ccccc4C)CC3)=NC2=O)cc1. The topological polar surface area (TPSA) is 45.1 Å². The van der Waals surface area contributed by atoms with E-state index in [0.717, 1.165) is 42.7 Å². The molecule has 2 aromatic carbocycles. The van der Waals surface area contributed by atoms with Crippen LogP contribution in [0, 0.1) is 6.92 Å². The second kappa shape index (κ2) is 8.10. The Balaban J connectivity index is 1.40. The van der Waals surface area contributed by atoms with Crippen molar-refractivity contribution in [2.45, 2.75) is 6.92 Å². The van der Waals surface area contributed by atoms with E-state index in [0.29, 0.717) is 4.91 Å². The van der Waals surface area contributed by atoms with E-state index < -0.39 is 0 Å². The Labute approximate surface area is 169 Å². The molecule has 1 saturated heterocycles. The van der Waals surface area contributed by atoms with Gasteiger partial charge >= 0.3 is 0 Å². The first kappa shape index (κ1) is 18.6. The van der Waals surface area contributed by atoms with Crippen LogP contribution >= 0.6 is 11.8 Å². The van der Waals surface area contributed by atoms with Crippen LogP contribution in [0.25, 0.3) is 6.08 Å². The number of amidine groups is 1. The summed E-state index contributed by atoms with van der Waals surface area (Å²) in [7, 11) is 1.64. The average Bonchev–Trinajstić information content (AvgIpc) is 3.09. The van der Waals surface area contributed by atoms with Gasteiger partial charge < -0.3 is 14.5 Å². The van der Waals surface area contributed by atoms with Gasteiger partial charge in [0.1, 0.15) is 5.75 Å². The molecule has 28 heavy (non-hydrogen) atoms. The molecule has 0 radical (unpaired) electrons. The summed E-state index contributed by atoms with van der Waals surface area (Å²) >= 11 is 1.47. The second-order valence-electron chi connectivity index (χ2n) is 6.84. The molecule has 0 atom stereocenters. The van der Waals surface area contributed by atoms with E-state index in [1.807, 2.05) is 30.3 Å². The van der Waals surface area contributed by atoms with Gasteiger partial charge in [-0.05, 0) is 54.1 Å². The zero-order valence-corrected chi connectivity index (χ0v) is 16.9. The summed E-state index contributed by atoms with van der Waals surface area (Å²) in [6.45, 7) is 5.73. The molecule has 2 aromatic rings. The third-order valence-electron chi connectivity index (χ3n) is 5.03. The molecule has 0 aromatic heterocycles. The molecule has 0 N–H and O–H groups in total. The summed E-state index contributed by atoms with van der Waals surface area (Å²) in [6, 6.07) is 16.1. The van der Waals surface area contributed by atoms with Crippen LogP contribution < -0.4 is 9.64 Å². The Bertz CT molecular complexity index is 929. The van der Waals surface area contributed by atoms with E-state index in [9.17, 15) is 4.79 Å². The molecule has 5 nitrogen and oxygen atoms in total. The summed E-state index contributed by atoms with van der Waals surface area (Å²) < 4.78 is 5.18. The van der Waals surface area contributed by atoms with Gasteiger partial charge in [0.2, 0.25) is 0 Å². The van der Waals surface area contributed by atoms with Crippen LogP contribution in [-0.4, -0.2) is 49.3 Å². The van der Waals surface area contributed by atoms with Crippen molar-refractivity contribution in [3.05, 3.63) is 64.6 Å². The largest absolute Gasteiger partial charge is 0.497 e. The molecule has 0 unspecified atom stereocenters. The van der Waals surface area contributed by atoms with Crippen LogP contribution in [0.15, 0.2) is 58.4 Å². The van der Waals surface area contributed by atoms with Crippen LogP contribution in [-0.2, 0) is 4.79 Å². The van der Waals surface area contributed by atoms with Crippen LogP contribution in [0.2, 0.25) is 0 Å². The Morgan fingerprint density at radius 1 is 1.00 bits per heavy atom. The number of anilines is 1. The molecule has 2 aliphatic rings. The standard InChI is InChI=1S/C22H23N3O2S/c1-16-5-3-4-6-19(16)24-11-13-25(14-12-24)22-23-21(26)20(28-22)15-17-7-9-18(27-2)10-8-17/h3-10,15H,11-14H2,1-2H3. The number of hydrogen-bond donors (Lipinski definition) is 0. The van der Waals surface area contributed by atoms with Crippen molar-refractivity contribution in [3.63, 3.8) is 0 Å². The number of piperazine rings is 1. The van der Waals surface area contributed by atoms with Crippen LogP contribution in [0.1, 0.15) is 11.1 Å². The number of aliphatic imine (C=N–C) groups is 1. The molecular weight excluding hydrogens is 370 g/mol. The minimum absolute atomic E-state index is 0.155. The van der Waals surface area contributed by atoms with Crippen molar-refractivity contribution >= 4 is 34.6 Å². The second-order valence-corrected chi connectivity index (χ2v) is 7.85. The molecule has 1 amide bonds. The van der Waals surface area contributed by atoms with Gasteiger partial charge in [-0.3, -0.25) is 4.79 Å². The van der Waals surface area contributed by atoms with Crippen molar-refractivity contribution in [2.75, 3.05) is 38.2 Å². The highest BCUT2D eigenvalue weighted by Gasteiger charge is 2.28. The van der Waals surface area contributed by atoms with Crippen LogP contribution in [0.3, 0.4) is 0 Å². The predicted molar refractivity (Wildman–Crippen MR) is 116 cm³/mol. The van der Waals surface area contributed by atoms with Gasteiger partial charge in [-0.1, -0.05) is 30.3 Å². The zero-order valence-electron chi connectivity index (χ0n) is 16.1. The first-order chi connectivity index (χ1) is 13.6. The molecule has 4 rings (SSSR count). The van der Waals surface area contributed by atoms with Gasteiger partial charge in [-0.15, -0.1) is 0 Å². The number of para-hydroxylation sites is 1. The number of carbonyl (C=O) groups excluding carboxylic acids is 1. The highest BCUT2D eigenvalue weighted by molar-refractivity contribution is 8.18. The number of nitrogens with zero attached hydrogens (tertiary/aromatic N) is 3. The van der Waals surface area contributed by atoms with Gasteiger partial charge in [0.05, 0.1) is 12.0 Å². The Kier molecular flexibility index (Phi) is 5.39. The van der Waals surface area contributed by atoms with Crippen molar-refractivity contribution in [1.82, 2.24) is 4.90 Å². The van der Waals surface area contributed by atoms with Gasteiger partial charge in [0, 0.05) is 31.9 Å². The molecule has 2 heterocycles. The lowest BCUT2D eigenvalue weighted by Gasteiger charge is -2.37. The van der Waals surface area contributed by atoms with E-state index >= 15 is 0 Å². The minimum Gasteiger partial charge on any atom is -0.497 e. The molecule has 144 valence electrons. The van der Waals surface area contributed by atoms with Gasteiger partial charge in [-0.25, -0.2) is 0 Å². The number of rotatable bonds is 3. The Hall–Kier alpha value is -2.73. The smallest absolute Gasteiger partial charge is 0.286 e. The van der Waals surface area contributed by atoms with E-state index in [1.165, 1.54) is 23.0 Å². The van der Waals surface area contributed by atoms with Crippen molar-refractivity contribution in [1.29, 1.82) is 0 Å². The fourth-order valence-electron chi connectivity index (χ4n) is 3.44. The Morgan fingerprint density at radius 3 is 2.36 bits per heavy atom. The lowest BCUT2D eigenvalue weighted by molar-refractivity contribution is -0.113. The number of hydrogen-bond acceptors (Lipinski definition) is 5. The van der Waals surface area contributed by atoms with Crippen molar-refractivity contribution in [2.24, 2.45) is 4.99 Å². The third-order valence-corrected chi connectivity index (χ3v) is 6.07. The van der Waals surface area contributed by atoms with E-state index in [2.05, 4.69) is 46.0 Å². The van der Waals surface area contributed by atoms with Crippen molar-refractivity contribution in [3.8, 4) is 5.75 Å². The van der Waals surface area contributed by atoms with Crippen LogP contribution in [0.5, 0.6) is 5.75 Å². The maximum Gasteiger partial charge on any atom is 0.286 e. The number of aryl methyl sites for hydroxylation is 1. The minimum atomic E-state index is -0.155. The number of thioether (sulfide) groups is 1. The molecule has 0 aliphatic carbocycles. The van der Waals surface area contributed by atoms with E-state index in [4.69, 9.17) is 4.74 Å². The highest BCUT2D eigenvalue weighted by atomic mass is 32.2. The molecule has 0 bridgehead atoms. The summed E-state index contributed by atoms with van der Waals surface area (Å²) in [4.78, 5) is 21.9. The number of benzene rings is 2. The summed E-state index contributed by atoms with van der Waals surface area (Å²) in [6.07, 6.45) is 1.90. The zero-order chi connectivity index (χ0) is 19.5. The molecule has 1 fully saturated rings. The summed E-state index contributed by atoms with van der Waals surface area (Å²) in [5.41, 5.74) is 3.56. The number of amides is 1. The summed E-state index contributed by atoms with van der Waals surface area (Å²) in [5.74, 6) is 0.646. The van der Waals surface area contributed by atoms with Crippen molar-refractivity contribution < 1.29 is 9.53 Å². The van der Waals surface area contributed by atoms with Gasteiger partial charge in [0.25, 0.3) is 5.91 Å². The van der Waals surface area contributed by atoms with Crippen LogP contribution in [0.4, 0.5) is 5.69 Å². The number of carbonyl (C=O) groups is 1. The monoisotopic (exact) mass is 393 g/mol. The molecule has 0 spiro atoms. The predicted octanol–water partition coefficient (Wildman–Crippen LogP) is 3.80.